The van der Waals surface area contributed by atoms with Gasteiger partial charge in [0.1, 0.15) is 0 Å². The summed E-state index contributed by atoms with van der Waals surface area (Å²) in [6.45, 7) is 8.37. The summed E-state index contributed by atoms with van der Waals surface area (Å²) >= 11 is 0. The molecule has 0 aromatic carbocycles. The van der Waals surface area contributed by atoms with Gasteiger partial charge in [-0.1, -0.05) is 6.92 Å². The Hall–Kier alpha value is -1.36. The first-order valence-corrected chi connectivity index (χ1v) is 7.08. The van der Waals surface area contributed by atoms with Gasteiger partial charge in [-0.25, -0.2) is 4.98 Å². The Kier molecular flexibility index (Phi) is 4.96. The lowest BCUT2D eigenvalue weighted by Crippen LogP contribution is -2.38. The van der Waals surface area contributed by atoms with Crippen molar-refractivity contribution >= 4 is 5.95 Å². The van der Waals surface area contributed by atoms with Crippen LogP contribution in [-0.4, -0.2) is 43.3 Å². The number of hydrogen-bond donors (Lipinski definition) is 1. The van der Waals surface area contributed by atoms with Crippen molar-refractivity contribution in [1.29, 1.82) is 0 Å². The van der Waals surface area contributed by atoms with Crippen LogP contribution in [0.2, 0.25) is 0 Å². The molecule has 1 aromatic heterocycles. The van der Waals surface area contributed by atoms with E-state index in [1.54, 1.807) is 7.11 Å². The maximum absolute atomic E-state index is 5.21. The number of nitrogens with zero attached hydrogens (tertiary/aromatic N) is 3. The number of hydrogen-bond acceptors (Lipinski definition) is 5. The van der Waals surface area contributed by atoms with Crippen molar-refractivity contribution in [3.05, 3.63) is 11.8 Å². The topological polar surface area (TPSA) is 50.3 Å². The van der Waals surface area contributed by atoms with E-state index < -0.39 is 0 Å². The molecule has 0 radical (unpaired) electrons. The molecule has 19 heavy (non-hydrogen) atoms. The molecule has 0 bridgehead atoms. The van der Waals surface area contributed by atoms with Gasteiger partial charge in [0.25, 0.3) is 0 Å². The molecule has 0 unspecified atom stereocenters. The molecule has 5 heteroatoms. The first-order chi connectivity index (χ1) is 9.22. The number of anilines is 1. The lowest BCUT2D eigenvalue weighted by Gasteiger charge is -2.32. The first-order valence-electron chi connectivity index (χ1n) is 7.08. The largest absolute Gasteiger partial charge is 0.481 e. The van der Waals surface area contributed by atoms with Crippen molar-refractivity contribution in [3.8, 4) is 5.88 Å². The highest BCUT2D eigenvalue weighted by Crippen LogP contribution is 2.22. The van der Waals surface area contributed by atoms with Crippen LogP contribution in [0, 0.1) is 12.8 Å². The minimum absolute atomic E-state index is 0.650. The maximum atomic E-state index is 5.21. The average molecular weight is 264 g/mol. The van der Waals surface area contributed by atoms with E-state index in [9.17, 15) is 0 Å². The smallest absolute Gasteiger partial charge is 0.228 e. The predicted octanol–water partition coefficient (Wildman–Crippen LogP) is 1.62. The molecule has 0 saturated carbocycles. The fourth-order valence-corrected chi connectivity index (χ4v) is 2.46. The van der Waals surface area contributed by atoms with E-state index in [-0.39, 0.29) is 0 Å². The second-order valence-corrected chi connectivity index (χ2v) is 5.09. The number of aryl methyl sites for hydroxylation is 1. The summed E-state index contributed by atoms with van der Waals surface area (Å²) in [5, 5.41) is 3.43. The van der Waals surface area contributed by atoms with E-state index in [4.69, 9.17) is 4.74 Å². The Morgan fingerprint density at radius 3 is 2.74 bits per heavy atom. The van der Waals surface area contributed by atoms with Crippen LogP contribution in [0.25, 0.3) is 0 Å². The van der Waals surface area contributed by atoms with E-state index in [0.717, 1.165) is 43.7 Å². The third kappa shape index (κ3) is 3.80. The summed E-state index contributed by atoms with van der Waals surface area (Å²) in [7, 11) is 1.65. The second kappa shape index (κ2) is 6.70. The van der Waals surface area contributed by atoms with Crippen LogP contribution in [0.5, 0.6) is 5.88 Å². The molecule has 0 atom stereocenters. The molecule has 1 saturated heterocycles. The molecule has 0 amide bonds. The van der Waals surface area contributed by atoms with Crippen molar-refractivity contribution in [2.75, 3.05) is 38.2 Å². The number of piperidine rings is 1. The monoisotopic (exact) mass is 264 g/mol. The fraction of sp³-hybridized carbons (Fsp3) is 0.714. The van der Waals surface area contributed by atoms with Gasteiger partial charge in [-0.15, -0.1) is 0 Å². The molecule has 1 N–H and O–H groups in total. The molecule has 106 valence electrons. The minimum Gasteiger partial charge on any atom is -0.481 e. The molecule has 1 aromatic rings. The lowest BCUT2D eigenvalue weighted by molar-refractivity contribution is 0.378. The van der Waals surface area contributed by atoms with Gasteiger partial charge in [0.15, 0.2) is 0 Å². The molecule has 1 fully saturated rings. The Morgan fingerprint density at radius 2 is 2.11 bits per heavy atom. The quantitative estimate of drug-likeness (QED) is 0.876. The zero-order valence-corrected chi connectivity index (χ0v) is 12.1. The Balaban J connectivity index is 1.95. The Morgan fingerprint density at radius 1 is 1.37 bits per heavy atom. The highest BCUT2D eigenvalue weighted by atomic mass is 16.5. The van der Waals surface area contributed by atoms with Crippen LogP contribution >= 0.6 is 0 Å². The SMILES string of the molecule is CCNCC1CCN(c2nc(C)cc(OC)n2)CC1. The number of nitrogens with one attached hydrogen (secondary N) is 1. The van der Waals surface area contributed by atoms with Crippen LogP contribution in [0.4, 0.5) is 5.95 Å². The normalized spacial score (nSPS) is 16.7. The van der Waals surface area contributed by atoms with Crippen LogP contribution in [-0.2, 0) is 0 Å². The number of ether oxygens (including phenoxy) is 1. The van der Waals surface area contributed by atoms with Gasteiger partial charge in [-0.2, -0.15) is 4.98 Å². The van der Waals surface area contributed by atoms with Gasteiger partial charge in [0.2, 0.25) is 11.8 Å². The minimum atomic E-state index is 0.650. The number of methoxy groups -OCH3 is 1. The van der Waals surface area contributed by atoms with Gasteiger partial charge in [0.05, 0.1) is 7.11 Å². The van der Waals surface area contributed by atoms with E-state index in [1.807, 2.05) is 13.0 Å². The standard InChI is InChI=1S/C14H24N4O/c1-4-15-10-12-5-7-18(8-6-12)14-16-11(2)9-13(17-14)19-3/h9,12,15H,4-8,10H2,1-3H3. The summed E-state index contributed by atoms with van der Waals surface area (Å²) in [5.74, 6) is 2.24. The Bertz CT molecular complexity index is 402. The summed E-state index contributed by atoms with van der Waals surface area (Å²) < 4.78 is 5.21. The van der Waals surface area contributed by atoms with Crippen molar-refractivity contribution in [2.45, 2.75) is 26.7 Å². The molecule has 2 heterocycles. The molecular weight excluding hydrogens is 240 g/mol. The van der Waals surface area contributed by atoms with Gasteiger partial charge in [0, 0.05) is 24.8 Å². The van der Waals surface area contributed by atoms with E-state index in [0.29, 0.717) is 5.88 Å². The second-order valence-electron chi connectivity index (χ2n) is 5.09. The van der Waals surface area contributed by atoms with Gasteiger partial charge < -0.3 is 15.0 Å². The molecule has 0 aliphatic carbocycles. The number of rotatable bonds is 5. The van der Waals surface area contributed by atoms with Crippen molar-refractivity contribution < 1.29 is 4.74 Å². The highest BCUT2D eigenvalue weighted by Gasteiger charge is 2.21. The molecule has 2 rings (SSSR count). The van der Waals surface area contributed by atoms with Crippen LogP contribution in [0.15, 0.2) is 6.07 Å². The summed E-state index contributed by atoms with van der Waals surface area (Å²) in [6, 6.07) is 1.86. The van der Waals surface area contributed by atoms with Crippen molar-refractivity contribution in [1.82, 2.24) is 15.3 Å². The van der Waals surface area contributed by atoms with Crippen molar-refractivity contribution in [2.24, 2.45) is 5.92 Å². The lowest BCUT2D eigenvalue weighted by atomic mass is 9.97. The summed E-state index contributed by atoms with van der Waals surface area (Å²) in [5.41, 5.74) is 0.955. The summed E-state index contributed by atoms with van der Waals surface area (Å²) in [6.07, 6.45) is 2.40. The van der Waals surface area contributed by atoms with E-state index in [1.165, 1.54) is 12.8 Å². The van der Waals surface area contributed by atoms with E-state index >= 15 is 0 Å². The third-order valence-electron chi connectivity index (χ3n) is 3.61. The zero-order chi connectivity index (χ0) is 13.7. The van der Waals surface area contributed by atoms with Crippen molar-refractivity contribution in [3.63, 3.8) is 0 Å². The van der Waals surface area contributed by atoms with E-state index in [2.05, 4.69) is 27.1 Å². The predicted molar refractivity (Wildman–Crippen MR) is 76.8 cm³/mol. The molecule has 1 aliphatic heterocycles. The molecular formula is C14H24N4O. The number of aromatic nitrogens is 2. The van der Waals surface area contributed by atoms with Gasteiger partial charge in [-0.05, 0) is 38.8 Å². The first kappa shape index (κ1) is 14.1. The summed E-state index contributed by atoms with van der Waals surface area (Å²) in [4.78, 5) is 11.2. The molecule has 0 spiro atoms. The average Bonchev–Trinajstić information content (AvgIpc) is 2.45. The van der Waals surface area contributed by atoms with Gasteiger partial charge in [-0.3, -0.25) is 0 Å². The van der Waals surface area contributed by atoms with Crippen LogP contribution < -0.4 is 15.0 Å². The fourth-order valence-electron chi connectivity index (χ4n) is 2.46. The maximum Gasteiger partial charge on any atom is 0.228 e. The van der Waals surface area contributed by atoms with Crippen LogP contribution in [0.3, 0.4) is 0 Å². The molecule has 1 aliphatic rings. The Labute approximate surface area is 115 Å². The van der Waals surface area contributed by atoms with Crippen LogP contribution in [0.1, 0.15) is 25.5 Å². The third-order valence-corrected chi connectivity index (χ3v) is 3.61. The molecule has 5 nitrogen and oxygen atoms in total. The zero-order valence-electron chi connectivity index (χ0n) is 12.1. The highest BCUT2D eigenvalue weighted by molar-refractivity contribution is 5.34. The van der Waals surface area contributed by atoms with Gasteiger partial charge >= 0.3 is 0 Å².